The first-order valence-electron chi connectivity index (χ1n) is 15.0. The largest absolute Gasteiger partial charge is 0.463 e. The number of piperazine rings is 1. The van der Waals surface area contributed by atoms with E-state index in [0.29, 0.717) is 48.7 Å². The van der Waals surface area contributed by atoms with Gasteiger partial charge in [0.05, 0.1) is 24.3 Å². The lowest BCUT2D eigenvalue weighted by atomic mass is 9.81. The Morgan fingerprint density at radius 2 is 1.62 bits per heavy atom. The molecule has 45 heavy (non-hydrogen) atoms. The zero-order valence-corrected chi connectivity index (χ0v) is 25.6. The van der Waals surface area contributed by atoms with Gasteiger partial charge in [-0.1, -0.05) is 42.5 Å². The maximum atomic E-state index is 13.5. The summed E-state index contributed by atoms with van der Waals surface area (Å²) in [7, 11) is 0. The van der Waals surface area contributed by atoms with Gasteiger partial charge in [0.25, 0.3) is 5.91 Å². The Kier molecular flexibility index (Phi) is 9.32. The van der Waals surface area contributed by atoms with Crippen LogP contribution in [-0.2, 0) is 27.0 Å². The number of hydrogen-bond acceptors (Lipinski definition) is 5. The van der Waals surface area contributed by atoms with Crippen molar-refractivity contribution >= 4 is 23.5 Å². The zero-order chi connectivity index (χ0) is 32.3. The summed E-state index contributed by atoms with van der Waals surface area (Å²) in [6, 6.07) is 20.0. The lowest BCUT2D eigenvalue weighted by molar-refractivity contribution is -0.140. The van der Waals surface area contributed by atoms with Crippen molar-refractivity contribution in [2.75, 3.05) is 37.7 Å². The molecule has 0 bridgehead atoms. The minimum atomic E-state index is -4.42. The Morgan fingerprint density at radius 3 is 2.31 bits per heavy atom. The first kappa shape index (κ1) is 31.8. The molecule has 0 saturated carbocycles. The zero-order valence-electron chi connectivity index (χ0n) is 25.6. The second-order valence-corrected chi connectivity index (χ2v) is 11.3. The number of ether oxygens (including phenoxy) is 1. The summed E-state index contributed by atoms with van der Waals surface area (Å²) < 4.78 is 45.0. The molecule has 1 saturated heterocycles. The highest BCUT2D eigenvalue weighted by Gasteiger charge is 2.37. The number of esters is 1. The first-order valence-corrected chi connectivity index (χ1v) is 15.0. The van der Waals surface area contributed by atoms with E-state index in [9.17, 15) is 27.6 Å². The normalized spacial score (nSPS) is 17.5. The van der Waals surface area contributed by atoms with Crippen molar-refractivity contribution in [3.63, 3.8) is 0 Å². The smallest absolute Gasteiger partial charge is 0.416 e. The van der Waals surface area contributed by atoms with E-state index in [1.165, 1.54) is 6.07 Å². The molecule has 1 atom stereocenters. The van der Waals surface area contributed by atoms with Crippen molar-refractivity contribution in [2.45, 2.75) is 45.8 Å². The van der Waals surface area contributed by atoms with Crippen LogP contribution in [0.5, 0.6) is 0 Å². The molecule has 0 spiro atoms. The van der Waals surface area contributed by atoms with Crippen LogP contribution < -0.4 is 4.90 Å². The maximum absolute atomic E-state index is 13.5. The molecule has 10 heteroatoms. The second-order valence-electron chi connectivity index (χ2n) is 11.3. The predicted molar refractivity (Wildman–Crippen MR) is 164 cm³/mol. The van der Waals surface area contributed by atoms with Crippen molar-refractivity contribution in [2.24, 2.45) is 0 Å². The maximum Gasteiger partial charge on any atom is 0.416 e. The molecule has 2 heterocycles. The van der Waals surface area contributed by atoms with Crippen LogP contribution in [-0.4, -0.2) is 60.4 Å². The number of carbonyl (C=O) groups is 3. The van der Waals surface area contributed by atoms with Crippen LogP contribution in [0.15, 0.2) is 84.1 Å². The molecule has 3 aromatic rings. The van der Waals surface area contributed by atoms with Crippen molar-refractivity contribution in [3.8, 4) is 0 Å². The topological polar surface area (TPSA) is 70.2 Å². The van der Waals surface area contributed by atoms with E-state index in [1.54, 1.807) is 47.9 Å². The second kappa shape index (κ2) is 13.2. The molecule has 0 aliphatic carbocycles. The van der Waals surface area contributed by atoms with Gasteiger partial charge in [-0.3, -0.25) is 9.59 Å². The van der Waals surface area contributed by atoms with Gasteiger partial charge in [0, 0.05) is 55.5 Å². The molecule has 2 aliphatic rings. The third kappa shape index (κ3) is 6.90. The van der Waals surface area contributed by atoms with Crippen LogP contribution in [0.4, 0.5) is 18.9 Å². The fourth-order valence-corrected chi connectivity index (χ4v) is 6.13. The number of amides is 2. The van der Waals surface area contributed by atoms with Crippen molar-refractivity contribution in [3.05, 3.63) is 112 Å². The monoisotopic (exact) mass is 619 g/mol. The average molecular weight is 620 g/mol. The van der Waals surface area contributed by atoms with Gasteiger partial charge in [0.1, 0.15) is 0 Å². The molecule has 0 aromatic heterocycles. The van der Waals surface area contributed by atoms with E-state index in [2.05, 4.69) is 0 Å². The van der Waals surface area contributed by atoms with Gasteiger partial charge in [0.15, 0.2) is 0 Å². The van der Waals surface area contributed by atoms with Gasteiger partial charge in [0.2, 0.25) is 5.91 Å². The van der Waals surface area contributed by atoms with Gasteiger partial charge in [-0.05, 0) is 67.8 Å². The summed E-state index contributed by atoms with van der Waals surface area (Å²) in [6.45, 7) is 7.36. The highest BCUT2D eigenvalue weighted by Crippen LogP contribution is 2.39. The fourth-order valence-electron chi connectivity index (χ4n) is 6.13. The van der Waals surface area contributed by atoms with Gasteiger partial charge in [-0.15, -0.1) is 0 Å². The van der Waals surface area contributed by atoms with E-state index in [4.69, 9.17) is 4.74 Å². The van der Waals surface area contributed by atoms with Gasteiger partial charge in [-0.25, -0.2) is 4.79 Å². The first-order chi connectivity index (χ1) is 21.5. The SMILES string of the molecule is CCOC(=O)C1=C(C)N(Cc2cccc(C(=O)N3CCN(c4cccc(C(F)(F)F)c4)CC3)c2)C(=O)CC1c1ccccc1C. The summed E-state index contributed by atoms with van der Waals surface area (Å²) >= 11 is 0. The molecule has 236 valence electrons. The summed E-state index contributed by atoms with van der Waals surface area (Å²) in [4.78, 5) is 45.3. The quantitative estimate of drug-likeness (QED) is 0.289. The van der Waals surface area contributed by atoms with Gasteiger partial charge in [-0.2, -0.15) is 13.2 Å². The van der Waals surface area contributed by atoms with Crippen molar-refractivity contribution in [1.29, 1.82) is 0 Å². The minimum Gasteiger partial charge on any atom is -0.463 e. The Hall–Kier alpha value is -4.60. The minimum absolute atomic E-state index is 0.116. The van der Waals surface area contributed by atoms with Gasteiger partial charge < -0.3 is 19.4 Å². The summed E-state index contributed by atoms with van der Waals surface area (Å²) in [6.07, 6.45) is -4.31. The number of rotatable bonds is 7. The van der Waals surface area contributed by atoms with E-state index in [0.717, 1.165) is 28.8 Å². The van der Waals surface area contributed by atoms with Crippen LogP contribution in [0.3, 0.4) is 0 Å². The van der Waals surface area contributed by atoms with Crippen molar-refractivity contribution < 1.29 is 32.3 Å². The number of allylic oxidation sites excluding steroid dienone is 1. The Bertz CT molecular complexity index is 1630. The van der Waals surface area contributed by atoms with Crippen LogP contribution in [0.25, 0.3) is 0 Å². The molecular weight excluding hydrogens is 583 g/mol. The van der Waals surface area contributed by atoms with Crippen molar-refractivity contribution in [1.82, 2.24) is 9.80 Å². The summed E-state index contributed by atoms with van der Waals surface area (Å²) in [5.41, 5.74) is 3.84. The summed E-state index contributed by atoms with van der Waals surface area (Å²) in [5.74, 6) is -1.19. The molecule has 2 amide bonds. The number of hydrogen-bond donors (Lipinski definition) is 0. The Balaban J connectivity index is 1.32. The van der Waals surface area contributed by atoms with E-state index < -0.39 is 23.6 Å². The van der Waals surface area contributed by atoms with Crippen LogP contribution >= 0.6 is 0 Å². The standard InChI is InChI=1S/C35H36F3N3O4/c1-4-45-34(44)32-24(3)41(31(42)21-30(32)29-14-6-5-9-23(29)2)22-25-10-7-11-26(19-25)33(43)40-17-15-39(16-18-40)28-13-8-12-27(20-28)35(36,37)38/h5-14,19-20,30H,4,15-18,21-22H2,1-3H3. The fraction of sp³-hybridized carbons (Fsp3) is 0.343. The lowest BCUT2D eigenvalue weighted by Gasteiger charge is -2.36. The molecule has 3 aromatic carbocycles. The third-order valence-electron chi connectivity index (χ3n) is 8.50. The summed E-state index contributed by atoms with van der Waals surface area (Å²) in [5, 5.41) is 0. The van der Waals surface area contributed by atoms with Crippen LogP contribution in [0.1, 0.15) is 58.8 Å². The van der Waals surface area contributed by atoms with E-state index in [-0.39, 0.29) is 31.4 Å². The molecular formula is C35H36F3N3O4. The molecule has 0 N–H and O–H groups in total. The number of nitrogens with zero attached hydrogens (tertiary/aromatic N) is 3. The Labute approximate surface area is 260 Å². The molecule has 0 radical (unpaired) electrons. The molecule has 1 fully saturated rings. The molecule has 5 rings (SSSR count). The molecule has 7 nitrogen and oxygen atoms in total. The number of carbonyl (C=O) groups excluding carboxylic acids is 3. The highest BCUT2D eigenvalue weighted by molar-refractivity contribution is 5.96. The number of alkyl halides is 3. The molecule has 1 unspecified atom stereocenters. The van der Waals surface area contributed by atoms with Gasteiger partial charge >= 0.3 is 12.1 Å². The third-order valence-corrected chi connectivity index (χ3v) is 8.50. The van der Waals surface area contributed by atoms with E-state index >= 15 is 0 Å². The highest BCUT2D eigenvalue weighted by atomic mass is 19.4. The Morgan fingerprint density at radius 1 is 0.911 bits per heavy atom. The number of halogens is 3. The lowest BCUT2D eigenvalue weighted by Crippen LogP contribution is -2.48. The predicted octanol–water partition coefficient (Wildman–Crippen LogP) is 6.33. The van der Waals surface area contributed by atoms with Crippen LogP contribution in [0.2, 0.25) is 0 Å². The van der Waals surface area contributed by atoms with Crippen LogP contribution in [0, 0.1) is 6.92 Å². The molecule has 2 aliphatic heterocycles. The number of anilines is 1. The number of benzene rings is 3. The number of aryl methyl sites for hydroxylation is 1. The van der Waals surface area contributed by atoms with E-state index in [1.807, 2.05) is 42.2 Å². The average Bonchev–Trinajstić information content (AvgIpc) is 3.02.